The van der Waals surface area contributed by atoms with Gasteiger partial charge in [-0.15, -0.1) is 0 Å². The number of rotatable bonds is 3. The van der Waals surface area contributed by atoms with Crippen molar-refractivity contribution in [2.75, 3.05) is 31.1 Å². The van der Waals surface area contributed by atoms with E-state index in [2.05, 4.69) is 41.1 Å². The zero-order chi connectivity index (χ0) is 26.0. The van der Waals surface area contributed by atoms with E-state index < -0.39 is 5.60 Å². The summed E-state index contributed by atoms with van der Waals surface area (Å²) >= 11 is 0. The average molecular weight is 490 g/mol. The van der Waals surface area contributed by atoms with E-state index in [1.54, 1.807) is 12.5 Å². The molecule has 7 heteroatoms. The standard InChI is InChI=1S/C27H33N5O2.C2H6/c1-18-15-21-16-27(4,34-25(21)20(3)19(2)24(18)28)26(33)31-13-11-30(12-14-31)22-5-7-23(8-6-22)32-10-9-29-17-32;1-2/h5-10,17H,11-16,28H2,1-4H3;1-2H3. The van der Waals surface area contributed by atoms with Crippen LogP contribution in [-0.2, 0) is 9.53 Å². The van der Waals surface area contributed by atoms with Gasteiger partial charge in [0.1, 0.15) is 5.76 Å². The van der Waals surface area contributed by atoms with Crippen molar-refractivity contribution in [1.29, 1.82) is 0 Å². The first kappa shape index (κ1) is 25.6. The number of ether oxygens (including phenoxy) is 1. The summed E-state index contributed by atoms with van der Waals surface area (Å²) in [6.45, 7) is 15.1. The van der Waals surface area contributed by atoms with E-state index in [9.17, 15) is 4.79 Å². The summed E-state index contributed by atoms with van der Waals surface area (Å²) in [7, 11) is 0. The van der Waals surface area contributed by atoms with E-state index in [0.29, 0.717) is 19.5 Å². The van der Waals surface area contributed by atoms with Gasteiger partial charge in [-0.25, -0.2) is 4.98 Å². The van der Waals surface area contributed by atoms with Gasteiger partial charge in [0, 0.05) is 62.1 Å². The van der Waals surface area contributed by atoms with Crippen LogP contribution in [0.2, 0.25) is 0 Å². The zero-order valence-corrected chi connectivity index (χ0v) is 22.5. The van der Waals surface area contributed by atoms with Gasteiger partial charge in [-0.2, -0.15) is 0 Å². The Labute approximate surface area is 214 Å². The van der Waals surface area contributed by atoms with Crippen molar-refractivity contribution in [3.63, 3.8) is 0 Å². The number of anilines is 1. The minimum absolute atomic E-state index is 0.0794. The fourth-order valence-corrected chi connectivity index (χ4v) is 5.28. The lowest BCUT2D eigenvalue weighted by atomic mass is 9.93. The summed E-state index contributed by atoms with van der Waals surface area (Å²) in [5.74, 6) is 0.945. The number of aromatic nitrogens is 2. The first-order chi connectivity index (χ1) is 17.3. The number of carbonyl (C=O) groups excluding carboxylic acids is 1. The van der Waals surface area contributed by atoms with Crippen molar-refractivity contribution in [3.05, 3.63) is 76.7 Å². The van der Waals surface area contributed by atoms with E-state index in [0.717, 1.165) is 53.4 Å². The average Bonchev–Trinajstić information content (AvgIpc) is 3.56. The molecule has 2 N–H and O–H groups in total. The fraction of sp³-hybridized carbons (Fsp3) is 0.448. The van der Waals surface area contributed by atoms with Crippen LogP contribution in [-0.4, -0.2) is 52.1 Å². The summed E-state index contributed by atoms with van der Waals surface area (Å²) in [5, 5.41) is 0. The Morgan fingerprint density at radius 2 is 1.64 bits per heavy atom. The van der Waals surface area contributed by atoms with E-state index in [1.165, 1.54) is 11.3 Å². The molecule has 0 spiro atoms. The van der Waals surface area contributed by atoms with Gasteiger partial charge in [0.25, 0.3) is 5.91 Å². The molecule has 0 bridgehead atoms. The van der Waals surface area contributed by atoms with Crippen LogP contribution in [0.3, 0.4) is 0 Å². The van der Waals surface area contributed by atoms with Gasteiger partial charge < -0.3 is 24.8 Å². The SMILES string of the molecule is CC.CC1=C(N)C(C)=C(C)C2=C(C1)CC(C)(C(=O)N1CCN(c3ccc(-n4ccnc4)cc3)CC1)O2. The van der Waals surface area contributed by atoms with Crippen LogP contribution in [0.4, 0.5) is 5.69 Å². The van der Waals surface area contributed by atoms with E-state index in [1.807, 2.05) is 50.3 Å². The van der Waals surface area contributed by atoms with E-state index in [4.69, 9.17) is 10.5 Å². The van der Waals surface area contributed by atoms with Crippen molar-refractivity contribution < 1.29 is 9.53 Å². The number of hydrogen-bond donors (Lipinski definition) is 1. The van der Waals surface area contributed by atoms with Crippen LogP contribution in [0, 0.1) is 0 Å². The minimum atomic E-state index is -0.854. The Balaban J connectivity index is 0.00000148. The molecule has 192 valence electrons. The molecule has 1 aromatic carbocycles. The van der Waals surface area contributed by atoms with Gasteiger partial charge in [0.2, 0.25) is 0 Å². The molecule has 2 aromatic rings. The first-order valence-electron chi connectivity index (χ1n) is 12.9. The maximum Gasteiger partial charge on any atom is 0.266 e. The second kappa shape index (κ2) is 10.2. The maximum atomic E-state index is 13.6. The van der Waals surface area contributed by atoms with Gasteiger partial charge in [0.15, 0.2) is 5.60 Å². The molecule has 36 heavy (non-hydrogen) atoms. The summed E-state index contributed by atoms with van der Waals surface area (Å²) in [5.41, 5.74) is 13.0. The highest BCUT2D eigenvalue weighted by Gasteiger charge is 2.46. The topological polar surface area (TPSA) is 76.6 Å². The number of nitrogens with two attached hydrogens (primary N) is 1. The molecular weight excluding hydrogens is 450 g/mol. The molecule has 1 aliphatic carbocycles. The Hall–Kier alpha value is -3.48. The number of carbonyl (C=O) groups is 1. The van der Waals surface area contributed by atoms with Crippen molar-refractivity contribution >= 4 is 11.6 Å². The Morgan fingerprint density at radius 1 is 1.00 bits per heavy atom. The maximum absolute atomic E-state index is 13.6. The summed E-state index contributed by atoms with van der Waals surface area (Å²) in [4.78, 5) is 22.0. The third kappa shape index (κ3) is 4.66. The lowest BCUT2D eigenvalue weighted by molar-refractivity contribution is -0.149. The highest BCUT2D eigenvalue weighted by molar-refractivity contribution is 5.86. The Morgan fingerprint density at radius 3 is 2.25 bits per heavy atom. The number of allylic oxidation sites excluding steroid dienone is 3. The second-order valence-corrected chi connectivity index (χ2v) is 9.83. The van der Waals surface area contributed by atoms with Crippen molar-refractivity contribution in [2.45, 2.75) is 60.0 Å². The van der Waals surface area contributed by atoms with Gasteiger partial charge >= 0.3 is 0 Å². The Kier molecular flexibility index (Phi) is 7.29. The fourth-order valence-electron chi connectivity index (χ4n) is 5.28. The van der Waals surface area contributed by atoms with Gasteiger partial charge in [-0.1, -0.05) is 13.8 Å². The molecule has 1 fully saturated rings. The molecule has 1 atom stereocenters. The second-order valence-electron chi connectivity index (χ2n) is 9.83. The van der Waals surface area contributed by atoms with Crippen LogP contribution >= 0.6 is 0 Å². The van der Waals surface area contributed by atoms with E-state index >= 15 is 0 Å². The van der Waals surface area contributed by atoms with Crippen molar-refractivity contribution in [2.24, 2.45) is 5.73 Å². The van der Waals surface area contributed by atoms with Crippen molar-refractivity contribution in [1.82, 2.24) is 14.5 Å². The molecule has 1 aromatic heterocycles. The molecule has 2 aliphatic heterocycles. The number of piperazine rings is 1. The van der Waals surface area contributed by atoms with Gasteiger partial charge in [-0.05, 0) is 80.7 Å². The monoisotopic (exact) mass is 489 g/mol. The van der Waals surface area contributed by atoms with Crippen molar-refractivity contribution in [3.8, 4) is 5.69 Å². The van der Waals surface area contributed by atoms with Crippen LogP contribution < -0.4 is 10.6 Å². The molecule has 3 aliphatic rings. The third-order valence-electron chi connectivity index (χ3n) is 7.48. The largest absolute Gasteiger partial charge is 0.477 e. The quantitative estimate of drug-likeness (QED) is 0.660. The predicted octanol–water partition coefficient (Wildman–Crippen LogP) is 4.95. The van der Waals surface area contributed by atoms with Crippen LogP contribution in [0.1, 0.15) is 54.4 Å². The van der Waals surface area contributed by atoms with Crippen LogP contribution in [0.5, 0.6) is 0 Å². The number of nitrogens with zero attached hydrogens (tertiary/aromatic N) is 4. The number of amides is 1. The Bertz CT molecular complexity index is 1200. The molecule has 7 nitrogen and oxygen atoms in total. The normalized spacial score (nSPS) is 22.2. The molecule has 1 amide bonds. The highest BCUT2D eigenvalue weighted by Crippen LogP contribution is 2.44. The zero-order valence-electron chi connectivity index (χ0n) is 22.5. The van der Waals surface area contributed by atoms with E-state index in [-0.39, 0.29) is 5.91 Å². The summed E-state index contributed by atoms with van der Waals surface area (Å²) in [6.07, 6.45) is 6.89. The molecule has 0 saturated carbocycles. The number of imidazole rings is 1. The molecule has 0 radical (unpaired) electrons. The molecule has 5 rings (SSSR count). The van der Waals surface area contributed by atoms with Gasteiger partial charge in [-0.3, -0.25) is 4.79 Å². The van der Waals surface area contributed by atoms with Crippen LogP contribution in [0.25, 0.3) is 5.69 Å². The highest BCUT2D eigenvalue weighted by atomic mass is 16.5. The molecule has 1 saturated heterocycles. The summed E-state index contributed by atoms with van der Waals surface area (Å²) in [6, 6.07) is 8.46. The molecular formula is C29H39N5O2. The summed E-state index contributed by atoms with van der Waals surface area (Å²) < 4.78 is 8.40. The minimum Gasteiger partial charge on any atom is -0.477 e. The number of hydrogen-bond acceptors (Lipinski definition) is 5. The third-order valence-corrected chi connectivity index (χ3v) is 7.48. The smallest absolute Gasteiger partial charge is 0.266 e. The van der Waals surface area contributed by atoms with Crippen LogP contribution in [0.15, 0.2) is 76.7 Å². The predicted molar refractivity (Wildman–Crippen MR) is 145 cm³/mol. The number of benzene rings is 1. The lowest BCUT2D eigenvalue weighted by Crippen LogP contribution is -2.55. The first-order valence-corrected chi connectivity index (χ1v) is 12.9. The lowest BCUT2D eigenvalue weighted by Gasteiger charge is -2.39. The molecule has 1 unspecified atom stereocenters. The van der Waals surface area contributed by atoms with Gasteiger partial charge in [0.05, 0.1) is 6.33 Å². The molecule has 3 heterocycles.